The largest absolute Gasteiger partial charge is 0.482 e. The SMILES string of the molecule is Cc1ccc(NC(=O)C2CSCN2C(=O)CCN2C(=O)COc3ccccc32)cc1C. The van der Waals surface area contributed by atoms with Crippen LogP contribution in [0.15, 0.2) is 42.5 Å². The minimum atomic E-state index is -0.521. The summed E-state index contributed by atoms with van der Waals surface area (Å²) in [6, 6.07) is 12.5. The molecule has 162 valence electrons. The number of carbonyl (C=O) groups excluding carboxylic acids is 3. The third-order valence-electron chi connectivity index (χ3n) is 5.64. The van der Waals surface area contributed by atoms with Crippen molar-refractivity contribution in [3.8, 4) is 5.75 Å². The second kappa shape index (κ2) is 9.01. The fourth-order valence-electron chi connectivity index (χ4n) is 3.70. The van der Waals surface area contributed by atoms with E-state index in [-0.39, 0.29) is 37.3 Å². The molecular formula is C23H25N3O4S. The molecule has 2 aromatic rings. The van der Waals surface area contributed by atoms with Gasteiger partial charge in [-0.15, -0.1) is 11.8 Å². The van der Waals surface area contributed by atoms with Gasteiger partial charge in [-0.3, -0.25) is 14.4 Å². The summed E-state index contributed by atoms with van der Waals surface area (Å²) in [5.41, 5.74) is 3.66. The third kappa shape index (κ3) is 4.54. The van der Waals surface area contributed by atoms with Crippen molar-refractivity contribution in [2.24, 2.45) is 0 Å². The molecule has 2 aliphatic heterocycles. The Morgan fingerprint density at radius 3 is 2.77 bits per heavy atom. The zero-order valence-corrected chi connectivity index (χ0v) is 18.4. The van der Waals surface area contributed by atoms with Crippen LogP contribution in [0.3, 0.4) is 0 Å². The molecule has 2 heterocycles. The molecule has 0 spiro atoms. The Morgan fingerprint density at radius 1 is 1.16 bits per heavy atom. The maximum absolute atomic E-state index is 12.9. The molecular weight excluding hydrogens is 414 g/mol. The minimum Gasteiger partial charge on any atom is -0.482 e. The Balaban J connectivity index is 1.39. The predicted octanol–water partition coefficient (Wildman–Crippen LogP) is 2.96. The average molecular weight is 440 g/mol. The molecule has 7 nitrogen and oxygen atoms in total. The zero-order chi connectivity index (χ0) is 22.0. The van der Waals surface area contributed by atoms with Crippen LogP contribution in [0.4, 0.5) is 11.4 Å². The highest BCUT2D eigenvalue weighted by Gasteiger charge is 2.35. The van der Waals surface area contributed by atoms with Gasteiger partial charge in [0.1, 0.15) is 11.8 Å². The monoisotopic (exact) mass is 439 g/mol. The van der Waals surface area contributed by atoms with E-state index in [0.717, 1.165) is 16.8 Å². The van der Waals surface area contributed by atoms with E-state index in [0.29, 0.717) is 23.1 Å². The number of anilines is 2. The molecule has 0 saturated carbocycles. The third-order valence-corrected chi connectivity index (χ3v) is 6.65. The van der Waals surface area contributed by atoms with Gasteiger partial charge in [-0.25, -0.2) is 0 Å². The predicted molar refractivity (Wildman–Crippen MR) is 121 cm³/mol. The quantitative estimate of drug-likeness (QED) is 0.775. The Labute approximate surface area is 185 Å². The van der Waals surface area contributed by atoms with Crippen LogP contribution in [0, 0.1) is 13.8 Å². The molecule has 4 rings (SSSR count). The van der Waals surface area contributed by atoms with Gasteiger partial charge in [0, 0.05) is 24.4 Å². The molecule has 1 fully saturated rings. The van der Waals surface area contributed by atoms with E-state index in [1.165, 1.54) is 0 Å². The number of rotatable bonds is 5. The van der Waals surface area contributed by atoms with Gasteiger partial charge in [0.05, 0.1) is 11.6 Å². The summed E-state index contributed by atoms with van der Waals surface area (Å²) in [5.74, 6) is 1.17. The molecule has 8 heteroatoms. The number of fused-ring (bicyclic) bond motifs is 1. The molecule has 1 N–H and O–H groups in total. The zero-order valence-electron chi connectivity index (χ0n) is 17.6. The van der Waals surface area contributed by atoms with Crippen LogP contribution >= 0.6 is 11.8 Å². The van der Waals surface area contributed by atoms with Gasteiger partial charge in [-0.1, -0.05) is 18.2 Å². The summed E-state index contributed by atoms with van der Waals surface area (Å²) >= 11 is 1.56. The van der Waals surface area contributed by atoms with Crippen LogP contribution in [-0.2, 0) is 14.4 Å². The molecule has 2 aliphatic rings. The van der Waals surface area contributed by atoms with Gasteiger partial charge in [0.15, 0.2) is 6.61 Å². The van der Waals surface area contributed by atoms with Crippen molar-refractivity contribution < 1.29 is 19.1 Å². The van der Waals surface area contributed by atoms with Crippen LogP contribution in [0.1, 0.15) is 17.5 Å². The highest BCUT2D eigenvalue weighted by Crippen LogP contribution is 2.32. The van der Waals surface area contributed by atoms with E-state index < -0.39 is 6.04 Å². The highest BCUT2D eigenvalue weighted by molar-refractivity contribution is 7.99. The van der Waals surface area contributed by atoms with Gasteiger partial charge in [-0.05, 0) is 49.2 Å². The van der Waals surface area contributed by atoms with E-state index in [9.17, 15) is 14.4 Å². The number of amides is 3. The maximum atomic E-state index is 12.9. The van der Waals surface area contributed by atoms with Gasteiger partial charge in [0.25, 0.3) is 5.91 Å². The lowest BCUT2D eigenvalue weighted by Crippen LogP contribution is -2.46. The van der Waals surface area contributed by atoms with Crippen molar-refractivity contribution in [3.63, 3.8) is 0 Å². The average Bonchev–Trinajstić information content (AvgIpc) is 3.26. The molecule has 0 radical (unpaired) electrons. The van der Waals surface area contributed by atoms with Crippen LogP contribution < -0.4 is 15.0 Å². The Bertz CT molecular complexity index is 1030. The van der Waals surface area contributed by atoms with Crippen molar-refractivity contribution in [3.05, 3.63) is 53.6 Å². The lowest BCUT2D eigenvalue weighted by atomic mass is 10.1. The van der Waals surface area contributed by atoms with Gasteiger partial charge < -0.3 is 19.9 Å². The summed E-state index contributed by atoms with van der Waals surface area (Å²) in [5, 5.41) is 2.94. The Kier molecular flexibility index (Phi) is 6.18. The number of carbonyl (C=O) groups is 3. The Hall–Kier alpha value is -3.00. The van der Waals surface area contributed by atoms with Crippen LogP contribution in [0.2, 0.25) is 0 Å². The number of hydrogen-bond donors (Lipinski definition) is 1. The maximum Gasteiger partial charge on any atom is 0.265 e. The lowest BCUT2D eigenvalue weighted by Gasteiger charge is -2.30. The lowest BCUT2D eigenvalue weighted by molar-refractivity contribution is -0.136. The number of benzene rings is 2. The molecule has 0 aliphatic carbocycles. The molecule has 1 atom stereocenters. The van der Waals surface area contributed by atoms with Gasteiger partial charge in [0.2, 0.25) is 11.8 Å². The number of para-hydroxylation sites is 2. The molecule has 3 amide bonds. The van der Waals surface area contributed by atoms with E-state index in [4.69, 9.17) is 4.74 Å². The standard InChI is InChI=1S/C23H25N3O4S/c1-15-7-8-17(11-16(15)2)24-23(29)19-13-31-14-26(19)21(27)9-10-25-18-5-3-4-6-20(18)30-12-22(25)28/h3-8,11,19H,9-10,12-14H2,1-2H3,(H,24,29). The first-order chi connectivity index (χ1) is 14.9. The second-order valence-electron chi connectivity index (χ2n) is 7.72. The van der Waals surface area contributed by atoms with Crippen molar-refractivity contribution in [1.82, 2.24) is 4.90 Å². The second-order valence-corrected chi connectivity index (χ2v) is 8.72. The first-order valence-corrected chi connectivity index (χ1v) is 11.4. The summed E-state index contributed by atoms with van der Waals surface area (Å²) in [6.07, 6.45) is 0.147. The van der Waals surface area contributed by atoms with Crippen molar-refractivity contribution in [1.29, 1.82) is 0 Å². The van der Waals surface area contributed by atoms with Crippen LogP contribution in [0.25, 0.3) is 0 Å². The summed E-state index contributed by atoms with van der Waals surface area (Å²) in [6.45, 7) is 4.24. The number of ether oxygens (including phenoxy) is 1. The number of nitrogens with zero attached hydrogens (tertiary/aromatic N) is 2. The van der Waals surface area contributed by atoms with E-state index in [1.807, 2.05) is 50.2 Å². The highest BCUT2D eigenvalue weighted by atomic mass is 32.2. The normalized spacial score (nSPS) is 17.9. The number of hydrogen-bond acceptors (Lipinski definition) is 5. The van der Waals surface area contributed by atoms with E-state index in [1.54, 1.807) is 27.6 Å². The van der Waals surface area contributed by atoms with E-state index in [2.05, 4.69) is 5.32 Å². The smallest absolute Gasteiger partial charge is 0.265 e. The topological polar surface area (TPSA) is 79.0 Å². The van der Waals surface area contributed by atoms with Crippen molar-refractivity contribution in [2.45, 2.75) is 26.3 Å². The van der Waals surface area contributed by atoms with Crippen LogP contribution in [0.5, 0.6) is 5.75 Å². The first kappa shape index (κ1) is 21.2. The van der Waals surface area contributed by atoms with Crippen molar-refractivity contribution >= 4 is 40.9 Å². The van der Waals surface area contributed by atoms with Crippen molar-refractivity contribution in [2.75, 3.05) is 35.0 Å². The molecule has 0 bridgehead atoms. The summed E-state index contributed by atoms with van der Waals surface area (Å²) < 4.78 is 5.45. The minimum absolute atomic E-state index is 0.0359. The summed E-state index contributed by atoms with van der Waals surface area (Å²) in [7, 11) is 0. The molecule has 0 aromatic heterocycles. The number of thioether (sulfide) groups is 1. The fraction of sp³-hybridized carbons (Fsp3) is 0.348. The summed E-state index contributed by atoms with van der Waals surface area (Å²) in [4.78, 5) is 41.3. The fourth-order valence-corrected chi connectivity index (χ4v) is 4.88. The molecule has 1 saturated heterocycles. The van der Waals surface area contributed by atoms with Gasteiger partial charge >= 0.3 is 0 Å². The molecule has 1 unspecified atom stereocenters. The van der Waals surface area contributed by atoms with Gasteiger partial charge in [-0.2, -0.15) is 0 Å². The number of aryl methyl sites for hydroxylation is 2. The first-order valence-electron chi connectivity index (χ1n) is 10.2. The molecule has 31 heavy (non-hydrogen) atoms. The van der Waals surface area contributed by atoms with E-state index >= 15 is 0 Å². The Morgan fingerprint density at radius 2 is 1.97 bits per heavy atom. The van der Waals surface area contributed by atoms with Crippen LogP contribution in [-0.4, -0.2) is 53.4 Å². The molecule has 2 aromatic carbocycles. The number of nitrogens with one attached hydrogen (secondary N) is 1.